The maximum atomic E-state index is 2.47. The summed E-state index contributed by atoms with van der Waals surface area (Å²) in [6, 6.07) is 0. The third-order valence-electron chi connectivity index (χ3n) is 5.01. The monoisotopic (exact) mass is 338 g/mol. The molecule has 20 heavy (non-hydrogen) atoms. The summed E-state index contributed by atoms with van der Waals surface area (Å²) in [5.41, 5.74) is 0. The molecule has 1 aliphatic carbocycles. The first-order valence-electron chi connectivity index (χ1n) is 9.33. The van der Waals surface area contributed by atoms with Crippen molar-refractivity contribution in [1.82, 2.24) is 0 Å². The van der Waals surface area contributed by atoms with Crippen LogP contribution in [-0.4, -0.2) is 19.8 Å². The summed E-state index contributed by atoms with van der Waals surface area (Å²) in [5.74, 6) is 2.08. The fourth-order valence-electron chi connectivity index (χ4n) is 3.74. The molecule has 1 aliphatic rings. The number of unbranched alkanes of at least 4 members (excludes halogenated alkanes) is 8. The van der Waals surface area contributed by atoms with E-state index in [2.05, 4.69) is 13.8 Å². The van der Waals surface area contributed by atoms with Gasteiger partial charge >= 0.3 is 19.8 Å². The van der Waals surface area contributed by atoms with Crippen LogP contribution in [-0.2, 0) is 0 Å². The van der Waals surface area contributed by atoms with E-state index in [4.69, 9.17) is 0 Å². The average Bonchev–Trinajstić information content (AvgIpc) is 2.61. The molecule has 0 aromatic rings. The number of hydrogen-bond donors (Lipinski definition) is 0. The van der Waals surface area contributed by atoms with E-state index in [1.807, 2.05) is 0 Å². The summed E-state index contributed by atoms with van der Waals surface area (Å²) >= 11 is 0. The van der Waals surface area contributed by atoms with Crippen LogP contribution in [0.3, 0.4) is 0 Å². The van der Waals surface area contributed by atoms with Crippen LogP contribution >= 0.6 is 0 Å². The third-order valence-corrected chi connectivity index (χ3v) is 5.01. The van der Waals surface area contributed by atoms with Gasteiger partial charge in [0.2, 0.25) is 0 Å². The third kappa shape index (κ3) is 11.3. The van der Waals surface area contributed by atoms with E-state index in [9.17, 15) is 0 Å². The molecule has 0 aliphatic heterocycles. The van der Waals surface area contributed by atoms with Gasteiger partial charge in [0.1, 0.15) is 0 Å². The Kier molecular flexibility index (Phi) is 15.0. The van der Waals surface area contributed by atoms with Crippen molar-refractivity contribution >= 4 is 19.8 Å². The molecule has 2 unspecified atom stereocenters. The SMILES string of the molecule is CCCCCCCCCCCC1CCCCC(C)C1.[GaH3]. The van der Waals surface area contributed by atoms with Crippen LogP contribution in [0.25, 0.3) is 0 Å². The van der Waals surface area contributed by atoms with Gasteiger partial charge in [0, 0.05) is 0 Å². The van der Waals surface area contributed by atoms with Gasteiger partial charge in [-0.25, -0.2) is 0 Å². The Labute approximate surface area is 141 Å². The second-order valence-electron chi connectivity index (χ2n) is 7.11. The number of hydrogen-bond acceptors (Lipinski definition) is 0. The van der Waals surface area contributed by atoms with E-state index in [1.54, 1.807) is 0 Å². The fourth-order valence-corrected chi connectivity index (χ4v) is 3.74. The van der Waals surface area contributed by atoms with E-state index in [0.717, 1.165) is 11.8 Å². The van der Waals surface area contributed by atoms with Crippen molar-refractivity contribution in [3.05, 3.63) is 0 Å². The quantitative estimate of drug-likeness (QED) is 0.262. The van der Waals surface area contributed by atoms with Crippen LogP contribution in [0.4, 0.5) is 0 Å². The van der Waals surface area contributed by atoms with Gasteiger partial charge in [-0.15, -0.1) is 0 Å². The Hall–Kier alpha value is 0.636. The Morgan fingerprint density at radius 2 is 1.30 bits per heavy atom. The zero-order valence-electron chi connectivity index (χ0n) is 13.8. The molecule has 0 N–H and O–H groups in total. The molecule has 0 saturated heterocycles. The van der Waals surface area contributed by atoms with Crippen molar-refractivity contribution in [2.45, 2.75) is 110 Å². The maximum absolute atomic E-state index is 2.47. The molecular formula is C19H41Ga. The Morgan fingerprint density at radius 1 is 0.750 bits per heavy atom. The molecule has 0 spiro atoms. The molecule has 1 fully saturated rings. The molecule has 2 atom stereocenters. The second-order valence-corrected chi connectivity index (χ2v) is 7.11. The van der Waals surface area contributed by atoms with Gasteiger partial charge in [0.25, 0.3) is 0 Å². The van der Waals surface area contributed by atoms with Gasteiger partial charge in [-0.1, -0.05) is 104 Å². The molecule has 0 radical (unpaired) electrons. The van der Waals surface area contributed by atoms with Crippen molar-refractivity contribution in [3.63, 3.8) is 0 Å². The molecular weight excluding hydrogens is 298 g/mol. The van der Waals surface area contributed by atoms with Crippen LogP contribution in [0.5, 0.6) is 0 Å². The predicted molar refractivity (Wildman–Crippen MR) is 97.5 cm³/mol. The summed E-state index contributed by atoms with van der Waals surface area (Å²) in [7, 11) is 0. The van der Waals surface area contributed by atoms with Gasteiger partial charge in [-0.05, 0) is 18.3 Å². The van der Waals surface area contributed by atoms with Crippen molar-refractivity contribution in [2.75, 3.05) is 0 Å². The molecule has 120 valence electrons. The van der Waals surface area contributed by atoms with E-state index < -0.39 is 0 Å². The van der Waals surface area contributed by atoms with Gasteiger partial charge in [0.05, 0.1) is 0 Å². The van der Waals surface area contributed by atoms with Crippen LogP contribution in [0.1, 0.15) is 110 Å². The summed E-state index contributed by atoms with van der Waals surface area (Å²) in [6.07, 6.45) is 22.3. The molecule has 0 aromatic carbocycles. The van der Waals surface area contributed by atoms with E-state index in [0.29, 0.717) is 0 Å². The van der Waals surface area contributed by atoms with Gasteiger partial charge in [0.15, 0.2) is 0 Å². The minimum absolute atomic E-state index is 0. The summed E-state index contributed by atoms with van der Waals surface area (Å²) in [5, 5.41) is 0. The standard InChI is InChI=1S/C19H38.Ga.3H/c1-3-4-5-6-7-8-9-10-11-15-19-16-13-12-14-18(2)17-19;;;;/h18-19H,3-17H2,1-2H3;;;;. The topological polar surface area (TPSA) is 0 Å². The van der Waals surface area contributed by atoms with Crippen molar-refractivity contribution in [3.8, 4) is 0 Å². The van der Waals surface area contributed by atoms with Crippen LogP contribution in [0, 0.1) is 11.8 Å². The summed E-state index contributed by atoms with van der Waals surface area (Å²) < 4.78 is 0. The van der Waals surface area contributed by atoms with Gasteiger partial charge < -0.3 is 0 Å². The van der Waals surface area contributed by atoms with E-state index in [-0.39, 0.29) is 19.8 Å². The van der Waals surface area contributed by atoms with Crippen molar-refractivity contribution in [2.24, 2.45) is 11.8 Å². The Balaban J connectivity index is 0.00000361. The first-order valence-corrected chi connectivity index (χ1v) is 9.33. The normalized spacial score (nSPS) is 23.1. The summed E-state index contributed by atoms with van der Waals surface area (Å²) in [6.45, 7) is 4.77. The van der Waals surface area contributed by atoms with E-state index >= 15 is 0 Å². The van der Waals surface area contributed by atoms with E-state index in [1.165, 1.54) is 96.3 Å². The Morgan fingerprint density at radius 3 is 1.95 bits per heavy atom. The first kappa shape index (κ1) is 20.6. The van der Waals surface area contributed by atoms with Crippen LogP contribution < -0.4 is 0 Å². The molecule has 0 bridgehead atoms. The minimum atomic E-state index is 0. The zero-order valence-corrected chi connectivity index (χ0v) is 13.8. The van der Waals surface area contributed by atoms with Crippen molar-refractivity contribution in [1.29, 1.82) is 0 Å². The van der Waals surface area contributed by atoms with Crippen LogP contribution in [0.15, 0.2) is 0 Å². The zero-order chi connectivity index (χ0) is 13.8. The predicted octanol–water partition coefficient (Wildman–Crippen LogP) is 5.94. The van der Waals surface area contributed by atoms with Crippen molar-refractivity contribution < 1.29 is 0 Å². The summed E-state index contributed by atoms with van der Waals surface area (Å²) in [4.78, 5) is 0. The molecule has 0 nitrogen and oxygen atoms in total. The molecule has 1 heteroatoms. The molecule has 0 heterocycles. The number of rotatable bonds is 10. The first-order chi connectivity index (χ1) is 9.33. The van der Waals surface area contributed by atoms with Gasteiger partial charge in [-0.2, -0.15) is 0 Å². The second kappa shape index (κ2) is 14.6. The Bertz CT molecular complexity index is 190. The average molecular weight is 339 g/mol. The van der Waals surface area contributed by atoms with Gasteiger partial charge in [-0.3, -0.25) is 0 Å². The fraction of sp³-hybridized carbons (Fsp3) is 1.00. The molecule has 0 amide bonds. The molecule has 0 aromatic heterocycles. The molecule has 1 rings (SSSR count). The van der Waals surface area contributed by atoms with Crippen LogP contribution in [0.2, 0.25) is 0 Å². The molecule has 1 saturated carbocycles.